The number of likely N-dealkylation sites (tertiary alicyclic amines) is 1. The maximum Gasteiger partial charge on any atom is 0.320 e. The number of nitrogens with one attached hydrogen (secondary N) is 1. The van der Waals surface area contributed by atoms with E-state index in [1.165, 1.54) is 23.6 Å². The molecule has 52 heavy (non-hydrogen) atoms. The Balaban J connectivity index is 1.24. The number of likely N-dealkylation sites (N-methyl/N-ethyl adjacent to an activating group) is 1. The van der Waals surface area contributed by atoms with Gasteiger partial charge in [-0.05, 0) is 104 Å². The van der Waals surface area contributed by atoms with E-state index in [0.717, 1.165) is 62.3 Å². The maximum atomic E-state index is 14.4. The van der Waals surface area contributed by atoms with Crippen LogP contribution in [0.25, 0.3) is 0 Å². The number of nitrogens with zero attached hydrogens (tertiary/aromatic N) is 4. The van der Waals surface area contributed by atoms with E-state index in [1.807, 2.05) is 4.90 Å². The number of ketones is 1. The number of rotatable bonds is 11. The Hall–Kier alpha value is -4.19. The van der Waals surface area contributed by atoms with Crippen molar-refractivity contribution >= 4 is 17.8 Å². The summed E-state index contributed by atoms with van der Waals surface area (Å²) >= 11 is 0. The first-order valence-electron chi connectivity index (χ1n) is 18.9. The van der Waals surface area contributed by atoms with Crippen molar-refractivity contribution in [1.82, 2.24) is 24.9 Å². The molecular formula is C40H57N5O7. The minimum atomic E-state index is -0.366. The highest BCUT2D eigenvalue weighted by atomic mass is 16.5. The predicted molar refractivity (Wildman–Crippen MR) is 199 cm³/mol. The van der Waals surface area contributed by atoms with E-state index in [1.54, 1.807) is 45.3 Å². The molecule has 6 rings (SSSR count). The Kier molecular flexibility index (Phi) is 11.7. The maximum absolute atomic E-state index is 14.4. The molecule has 12 nitrogen and oxygen atoms in total. The van der Waals surface area contributed by atoms with Crippen LogP contribution in [0.5, 0.6) is 23.0 Å². The summed E-state index contributed by atoms with van der Waals surface area (Å²) in [6, 6.07) is 7.90. The molecule has 0 aromatic heterocycles. The molecule has 4 aliphatic heterocycles. The summed E-state index contributed by atoms with van der Waals surface area (Å²) in [5, 5.41) is 2.95. The van der Waals surface area contributed by atoms with E-state index >= 15 is 0 Å². The number of ether oxygens (including phenoxy) is 4. The molecule has 4 aliphatic rings. The second-order valence-electron chi connectivity index (χ2n) is 14.8. The van der Waals surface area contributed by atoms with Crippen molar-refractivity contribution in [3.63, 3.8) is 0 Å². The third kappa shape index (κ3) is 7.36. The van der Waals surface area contributed by atoms with Gasteiger partial charge in [-0.1, -0.05) is 13.3 Å². The number of urea groups is 2. The lowest BCUT2D eigenvalue weighted by Gasteiger charge is -2.49. The Morgan fingerprint density at radius 3 is 2.08 bits per heavy atom. The molecule has 4 heterocycles. The van der Waals surface area contributed by atoms with E-state index in [2.05, 4.69) is 41.4 Å². The lowest BCUT2D eigenvalue weighted by molar-refractivity contribution is -0.120. The summed E-state index contributed by atoms with van der Waals surface area (Å²) in [6.45, 7) is 7.65. The normalized spacial score (nSPS) is 23.9. The number of fused-ring (bicyclic) bond motifs is 4. The van der Waals surface area contributed by atoms with Gasteiger partial charge in [-0.3, -0.25) is 9.69 Å². The van der Waals surface area contributed by atoms with Gasteiger partial charge in [0, 0.05) is 52.4 Å². The number of piperidine rings is 1. The van der Waals surface area contributed by atoms with Crippen LogP contribution >= 0.6 is 0 Å². The highest BCUT2D eigenvalue weighted by molar-refractivity contribution is 5.87. The number of benzene rings is 2. The molecule has 2 aromatic rings. The van der Waals surface area contributed by atoms with E-state index in [9.17, 15) is 14.4 Å². The molecular weight excluding hydrogens is 662 g/mol. The van der Waals surface area contributed by atoms with Crippen LogP contribution in [0.3, 0.4) is 0 Å². The van der Waals surface area contributed by atoms with Crippen LogP contribution in [0.4, 0.5) is 9.59 Å². The summed E-state index contributed by atoms with van der Waals surface area (Å²) in [5.41, 5.74) is 4.92. The van der Waals surface area contributed by atoms with Gasteiger partial charge in [0.1, 0.15) is 0 Å². The molecule has 4 amide bonds. The number of methoxy groups -OCH3 is 4. The second kappa shape index (κ2) is 16.2. The van der Waals surface area contributed by atoms with Crippen LogP contribution in [0.1, 0.15) is 80.3 Å². The van der Waals surface area contributed by atoms with E-state index in [0.29, 0.717) is 62.4 Å². The van der Waals surface area contributed by atoms with Gasteiger partial charge in [0.05, 0.1) is 40.5 Å². The van der Waals surface area contributed by atoms with Gasteiger partial charge in [-0.2, -0.15) is 0 Å². The number of hydrogen-bond donors (Lipinski definition) is 1. The molecule has 0 saturated carbocycles. The molecule has 12 heteroatoms. The zero-order valence-electron chi connectivity index (χ0n) is 32.0. The number of hydrogen-bond acceptors (Lipinski definition) is 8. The smallest absolute Gasteiger partial charge is 0.320 e. The third-order valence-electron chi connectivity index (χ3n) is 12.1. The summed E-state index contributed by atoms with van der Waals surface area (Å²) in [6.07, 6.45) is 6.08. The fraction of sp³-hybridized carbons (Fsp3) is 0.625. The quantitative estimate of drug-likeness (QED) is 0.326. The van der Waals surface area contributed by atoms with E-state index in [4.69, 9.17) is 18.9 Å². The Morgan fingerprint density at radius 2 is 1.44 bits per heavy atom. The summed E-state index contributed by atoms with van der Waals surface area (Å²) in [7, 11) is 8.50. The van der Waals surface area contributed by atoms with Gasteiger partial charge in [-0.25, -0.2) is 9.59 Å². The molecule has 5 atom stereocenters. The van der Waals surface area contributed by atoms with Crippen molar-refractivity contribution < 1.29 is 33.3 Å². The van der Waals surface area contributed by atoms with Crippen molar-refractivity contribution in [1.29, 1.82) is 0 Å². The topological polar surface area (TPSA) is 113 Å². The molecule has 2 saturated heterocycles. The molecule has 0 radical (unpaired) electrons. The lowest BCUT2D eigenvalue weighted by atomic mass is 9.72. The largest absolute Gasteiger partial charge is 0.493 e. The van der Waals surface area contributed by atoms with Crippen molar-refractivity contribution in [3.8, 4) is 23.0 Å². The van der Waals surface area contributed by atoms with Crippen molar-refractivity contribution in [2.24, 2.45) is 11.8 Å². The van der Waals surface area contributed by atoms with Gasteiger partial charge in [0.25, 0.3) is 0 Å². The van der Waals surface area contributed by atoms with Gasteiger partial charge in [-0.15, -0.1) is 0 Å². The molecule has 0 bridgehead atoms. The number of carbonyl (C=O) groups is 3. The number of amides is 4. The standard InChI is InChI=1S/C40H57N5O7/c1-8-26-24-43-15-11-27-20-35(49-4)37(51-6)22-30(27)33(43)18-29(26)19-34-31-23-38(52-7)36(50-5)21-28(31)12-16-45(34)40(48)42(3)17-13-41-39(47)44-14-9-10-32(44)25(2)46/h20-23,26,29,32-34H,8-19,24H2,1-7H3,(H,41,47)/t26?,29?,32-,33?,34?/m0/s1. The zero-order chi connectivity index (χ0) is 37.1. The highest BCUT2D eigenvalue weighted by Crippen LogP contribution is 2.49. The average Bonchev–Trinajstić information content (AvgIpc) is 3.67. The summed E-state index contributed by atoms with van der Waals surface area (Å²) in [4.78, 5) is 47.4. The summed E-state index contributed by atoms with van der Waals surface area (Å²) < 4.78 is 22.9. The molecule has 0 spiro atoms. The first kappa shape index (κ1) is 37.6. The summed E-state index contributed by atoms with van der Waals surface area (Å²) in [5.74, 6) is 3.74. The Morgan fingerprint density at radius 1 is 0.827 bits per heavy atom. The molecule has 4 unspecified atom stereocenters. The van der Waals surface area contributed by atoms with E-state index < -0.39 is 0 Å². The first-order chi connectivity index (χ1) is 25.1. The van der Waals surface area contributed by atoms with Crippen LogP contribution in [-0.2, 0) is 17.6 Å². The van der Waals surface area contributed by atoms with Gasteiger partial charge in [0.2, 0.25) is 0 Å². The van der Waals surface area contributed by atoms with Crippen molar-refractivity contribution in [2.45, 2.75) is 76.9 Å². The van der Waals surface area contributed by atoms with Crippen LogP contribution in [0.2, 0.25) is 0 Å². The lowest BCUT2D eigenvalue weighted by Crippen LogP contribution is -2.51. The average molecular weight is 720 g/mol. The van der Waals surface area contributed by atoms with Crippen LogP contribution in [0.15, 0.2) is 24.3 Å². The number of carbonyl (C=O) groups excluding carboxylic acids is 3. The van der Waals surface area contributed by atoms with Gasteiger partial charge >= 0.3 is 12.1 Å². The van der Waals surface area contributed by atoms with Crippen molar-refractivity contribution in [3.05, 3.63) is 46.5 Å². The monoisotopic (exact) mass is 719 g/mol. The highest BCUT2D eigenvalue weighted by Gasteiger charge is 2.42. The fourth-order valence-corrected chi connectivity index (χ4v) is 9.23. The minimum Gasteiger partial charge on any atom is -0.493 e. The fourth-order valence-electron chi connectivity index (χ4n) is 9.23. The van der Waals surface area contributed by atoms with Crippen molar-refractivity contribution in [2.75, 3.05) is 74.8 Å². The Labute approximate surface area is 308 Å². The molecule has 2 aromatic carbocycles. The Bertz CT molecular complexity index is 1630. The van der Waals surface area contributed by atoms with E-state index in [-0.39, 0.29) is 36.0 Å². The van der Waals surface area contributed by atoms with Crippen LogP contribution in [0, 0.1) is 11.8 Å². The van der Waals surface area contributed by atoms with Gasteiger partial charge in [0.15, 0.2) is 28.8 Å². The van der Waals surface area contributed by atoms with Crippen LogP contribution in [-0.4, -0.2) is 118 Å². The first-order valence-corrected chi connectivity index (χ1v) is 18.9. The van der Waals surface area contributed by atoms with Gasteiger partial charge < -0.3 is 39.0 Å². The zero-order valence-corrected chi connectivity index (χ0v) is 32.0. The SMILES string of the molecule is CCC1CN2CCc3cc(OC)c(OC)cc3C2CC1CC1c2cc(OC)c(OC)cc2CCN1C(=O)N(C)CCNC(=O)N1CCC[C@H]1C(C)=O. The minimum absolute atomic E-state index is 0.00857. The third-order valence-corrected chi connectivity index (χ3v) is 12.1. The second-order valence-corrected chi connectivity index (χ2v) is 14.8. The van der Waals surface area contributed by atoms with Crippen LogP contribution < -0.4 is 24.3 Å². The number of Topliss-reactive ketones (excluding diaryl/α,β-unsaturated/α-hetero) is 1. The molecule has 284 valence electrons. The predicted octanol–water partition coefficient (Wildman–Crippen LogP) is 5.47. The molecule has 2 fully saturated rings. The molecule has 0 aliphatic carbocycles. The molecule has 1 N–H and O–H groups in total.